The number of nitrogens with one attached hydrogen (secondary N) is 1. The van der Waals surface area contributed by atoms with Crippen LogP contribution < -0.4 is 5.32 Å². The van der Waals surface area contributed by atoms with Gasteiger partial charge < -0.3 is 5.32 Å². The predicted octanol–water partition coefficient (Wildman–Crippen LogP) is 3.36. The standard InChI is InChI=1S/C13H16N4O2S/c1-13(2,3)11-15-12(20-16-11)14-8-9-6-4-5-7-10(9)17(18)19/h4-7H,8H2,1-3H3,(H,14,15,16). The lowest BCUT2D eigenvalue weighted by molar-refractivity contribution is -0.385. The molecule has 6 nitrogen and oxygen atoms in total. The quantitative estimate of drug-likeness (QED) is 0.690. The van der Waals surface area contributed by atoms with Crippen LogP contribution in [0.3, 0.4) is 0 Å². The van der Waals surface area contributed by atoms with E-state index in [2.05, 4.69) is 14.7 Å². The molecule has 106 valence electrons. The van der Waals surface area contributed by atoms with Crippen LogP contribution in [0.1, 0.15) is 32.2 Å². The highest BCUT2D eigenvalue weighted by Crippen LogP contribution is 2.24. The van der Waals surface area contributed by atoms with E-state index in [-0.39, 0.29) is 16.0 Å². The Morgan fingerprint density at radius 2 is 2.05 bits per heavy atom. The van der Waals surface area contributed by atoms with Crippen molar-refractivity contribution in [3.05, 3.63) is 45.8 Å². The number of anilines is 1. The fourth-order valence-corrected chi connectivity index (χ4v) is 2.36. The minimum atomic E-state index is -0.377. The van der Waals surface area contributed by atoms with Gasteiger partial charge in [0.1, 0.15) is 5.82 Å². The van der Waals surface area contributed by atoms with Gasteiger partial charge in [0.05, 0.1) is 4.92 Å². The molecular weight excluding hydrogens is 276 g/mol. The topological polar surface area (TPSA) is 81.0 Å². The van der Waals surface area contributed by atoms with Crippen LogP contribution in [0.4, 0.5) is 10.8 Å². The minimum absolute atomic E-state index is 0.102. The maximum Gasteiger partial charge on any atom is 0.274 e. The highest BCUT2D eigenvalue weighted by atomic mass is 32.1. The van der Waals surface area contributed by atoms with E-state index in [4.69, 9.17) is 0 Å². The number of para-hydroxylation sites is 1. The second-order valence-corrected chi connectivity index (χ2v) is 6.16. The Bertz CT molecular complexity index is 619. The maximum absolute atomic E-state index is 10.9. The Hall–Kier alpha value is -2.02. The molecule has 0 saturated heterocycles. The average molecular weight is 292 g/mol. The molecule has 1 N–H and O–H groups in total. The van der Waals surface area contributed by atoms with E-state index in [0.29, 0.717) is 17.2 Å². The first-order valence-electron chi connectivity index (χ1n) is 6.18. The van der Waals surface area contributed by atoms with Crippen molar-refractivity contribution in [3.63, 3.8) is 0 Å². The van der Waals surface area contributed by atoms with Crippen molar-refractivity contribution >= 4 is 22.4 Å². The molecule has 1 aromatic heterocycles. The fourth-order valence-electron chi connectivity index (χ4n) is 1.61. The summed E-state index contributed by atoms with van der Waals surface area (Å²) in [4.78, 5) is 14.9. The second kappa shape index (κ2) is 5.54. The fraction of sp³-hybridized carbons (Fsp3) is 0.385. The van der Waals surface area contributed by atoms with Crippen LogP contribution in [0.15, 0.2) is 24.3 Å². The Labute approximate surface area is 121 Å². The van der Waals surface area contributed by atoms with E-state index in [1.807, 2.05) is 20.8 Å². The van der Waals surface area contributed by atoms with E-state index in [0.717, 1.165) is 5.82 Å². The lowest BCUT2D eigenvalue weighted by atomic mass is 9.96. The van der Waals surface area contributed by atoms with Crippen LogP contribution in [0.2, 0.25) is 0 Å². The van der Waals surface area contributed by atoms with E-state index >= 15 is 0 Å². The number of nitro benzene ring substituents is 1. The number of hydrogen-bond acceptors (Lipinski definition) is 6. The molecule has 2 aromatic rings. The van der Waals surface area contributed by atoms with Crippen LogP contribution >= 0.6 is 11.5 Å². The molecule has 2 rings (SSSR count). The number of nitrogens with zero attached hydrogens (tertiary/aromatic N) is 3. The molecule has 0 aliphatic carbocycles. The van der Waals surface area contributed by atoms with Crippen LogP contribution in [0.5, 0.6) is 0 Å². The predicted molar refractivity (Wildman–Crippen MR) is 79.0 cm³/mol. The van der Waals surface area contributed by atoms with Crippen LogP contribution in [0.25, 0.3) is 0 Å². The van der Waals surface area contributed by atoms with Crippen molar-refractivity contribution in [1.82, 2.24) is 9.36 Å². The van der Waals surface area contributed by atoms with E-state index < -0.39 is 0 Å². The molecule has 1 heterocycles. The highest BCUT2D eigenvalue weighted by Gasteiger charge is 2.20. The number of rotatable bonds is 4. The summed E-state index contributed by atoms with van der Waals surface area (Å²) in [5, 5.41) is 14.7. The summed E-state index contributed by atoms with van der Waals surface area (Å²) >= 11 is 1.27. The Morgan fingerprint density at radius 1 is 1.35 bits per heavy atom. The van der Waals surface area contributed by atoms with Gasteiger partial charge in [-0.25, -0.2) is 4.98 Å². The summed E-state index contributed by atoms with van der Waals surface area (Å²) in [5.41, 5.74) is 0.639. The van der Waals surface area contributed by atoms with Gasteiger partial charge >= 0.3 is 0 Å². The van der Waals surface area contributed by atoms with Crippen LogP contribution in [-0.4, -0.2) is 14.3 Å². The van der Waals surface area contributed by atoms with Gasteiger partial charge in [-0.05, 0) is 0 Å². The molecule has 0 bridgehead atoms. The molecule has 0 radical (unpaired) electrons. The molecule has 0 saturated carbocycles. The number of nitro groups is 1. The monoisotopic (exact) mass is 292 g/mol. The second-order valence-electron chi connectivity index (χ2n) is 5.41. The van der Waals surface area contributed by atoms with Crippen molar-refractivity contribution in [1.29, 1.82) is 0 Å². The zero-order valence-electron chi connectivity index (χ0n) is 11.6. The van der Waals surface area contributed by atoms with Crippen LogP contribution in [0, 0.1) is 10.1 Å². The SMILES string of the molecule is CC(C)(C)c1nsc(NCc2ccccc2[N+](=O)[O-])n1. The maximum atomic E-state index is 10.9. The lowest BCUT2D eigenvalue weighted by Crippen LogP contribution is -2.13. The minimum Gasteiger partial charge on any atom is -0.356 e. The van der Waals surface area contributed by atoms with Gasteiger partial charge in [0, 0.05) is 35.1 Å². The Balaban J connectivity index is 2.10. The molecule has 20 heavy (non-hydrogen) atoms. The number of hydrogen-bond donors (Lipinski definition) is 1. The average Bonchev–Trinajstić information content (AvgIpc) is 2.85. The third kappa shape index (κ3) is 3.30. The van der Waals surface area contributed by atoms with Crippen molar-refractivity contribution in [2.24, 2.45) is 0 Å². The first kappa shape index (κ1) is 14.4. The van der Waals surface area contributed by atoms with Crippen molar-refractivity contribution in [3.8, 4) is 0 Å². The van der Waals surface area contributed by atoms with Crippen molar-refractivity contribution in [2.75, 3.05) is 5.32 Å². The van der Waals surface area contributed by atoms with Gasteiger partial charge in [0.25, 0.3) is 5.69 Å². The van der Waals surface area contributed by atoms with E-state index in [9.17, 15) is 10.1 Å². The highest BCUT2D eigenvalue weighted by molar-refractivity contribution is 7.09. The smallest absolute Gasteiger partial charge is 0.274 e. The van der Waals surface area contributed by atoms with Crippen molar-refractivity contribution in [2.45, 2.75) is 32.7 Å². The summed E-state index contributed by atoms with van der Waals surface area (Å²) in [5.74, 6) is 0.771. The first-order chi connectivity index (χ1) is 9.38. The zero-order valence-corrected chi connectivity index (χ0v) is 12.4. The first-order valence-corrected chi connectivity index (χ1v) is 6.95. The van der Waals surface area contributed by atoms with E-state index in [1.54, 1.807) is 18.2 Å². The zero-order chi connectivity index (χ0) is 14.8. The molecule has 7 heteroatoms. The van der Waals surface area contributed by atoms with Gasteiger partial charge in [0.15, 0.2) is 0 Å². The van der Waals surface area contributed by atoms with Crippen molar-refractivity contribution < 1.29 is 4.92 Å². The summed E-state index contributed by atoms with van der Waals surface area (Å²) in [6.07, 6.45) is 0. The van der Waals surface area contributed by atoms with Gasteiger partial charge in [-0.2, -0.15) is 4.37 Å². The normalized spacial score (nSPS) is 11.3. The molecule has 0 amide bonds. The largest absolute Gasteiger partial charge is 0.356 e. The molecule has 0 aliphatic rings. The third-order valence-corrected chi connectivity index (χ3v) is 3.39. The Kier molecular flexibility index (Phi) is 3.99. The van der Waals surface area contributed by atoms with Gasteiger partial charge in [0.2, 0.25) is 5.13 Å². The van der Waals surface area contributed by atoms with Gasteiger partial charge in [-0.15, -0.1) is 0 Å². The van der Waals surface area contributed by atoms with E-state index in [1.165, 1.54) is 17.6 Å². The summed E-state index contributed by atoms with van der Waals surface area (Å²) < 4.78 is 4.29. The third-order valence-electron chi connectivity index (χ3n) is 2.72. The molecule has 1 aromatic carbocycles. The van der Waals surface area contributed by atoms with Gasteiger partial charge in [-0.1, -0.05) is 39.0 Å². The molecule has 0 atom stereocenters. The number of aromatic nitrogens is 2. The number of benzene rings is 1. The molecule has 0 unspecified atom stereocenters. The summed E-state index contributed by atoms with van der Waals surface area (Å²) in [7, 11) is 0. The molecular formula is C13H16N4O2S. The molecule has 0 aliphatic heterocycles. The Morgan fingerprint density at radius 3 is 2.65 bits per heavy atom. The summed E-state index contributed by atoms with van der Waals surface area (Å²) in [6, 6.07) is 6.67. The molecule has 0 spiro atoms. The van der Waals surface area contributed by atoms with Gasteiger partial charge in [-0.3, -0.25) is 10.1 Å². The lowest BCUT2D eigenvalue weighted by Gasteiger charge is -2.12. The molecule has 0 fully saturated rings. The van der Waals surface area contributed by atoms with Crippen LogP contribution in [-0.2, 0) is 12.0 Å². The summed E-state index contributed by atoms with van der Waals surface area (Å²) in [6.45, 7) is 6.48.